The molecule has 23 heavy (non-hydrogen) atoms. The number of piperazine rings is 1. The molecule has 0 aromatic heterocycles. The van der Waals surface area contributed by atoms with Crippen molar-refractivity contribution in [2.75, 3.05) is 40.4 Å². The Balaban J connectivity index is 0.00000132. The van der Waals surface area contributed by atoms with Gasteiger partial charge in [-0.3, -0.25) is 4.90 Å². The van der Waals surface area contributed by atoms with Gasteiger partial charge in [0.05, 0.1) is 14.2 Å². The molecule has 1 saturated heterocycles. The second-order valence-corrected chi connectivity index (χ2v) is 6.06. The van der Waals surface area contributed by atoms with E-state index in [0.717, 1.165) is 43.6 Å². The van der Waals surface area contributed by atoms with E-state index in [-0.39, 0.29) is 24.8 Å². The van der Waals surface area contributed by atoms with Crippen LogP contribution in [0.25, 0.3) is 0 Å². The molecule has 1 aliphatic heterocycles. The van der Waals surface area contributed by atoms with Crippen molar-refractivity contribution in [3.05, 3.63) is 23.8 Å². The fraction of sp³-hybridized carbons (Fsp3) is 0.647. The summed E-state index contributed by atoms with van der Waals surface area (Å²) in [5.41, 5.74) is 1.28. The van der Waals surface area contributed by atoms with Crippen molar-refractivity contribution in [2.24, 2.45) is 5.92 Å². The van der Waals surface area contributed by atoms with E-state index < -0.39 is 0 Å². The first-order valence-electron chi connectivity index (χ1n) is 7.99. The quantitative estimate of drug-likeness (QED) is 0.841. The number of benzene rings is 1. The number of rotatable bonds is 6. The highest BCUT2D eigenvalue weighted by atomic mass is 35.5. The van der Waals surface area contributed by atoms with E-state index in [1.165, 1.54) is 24.8 Å². The molecule has 1 heterocycles. The van der Waals surface area contributed by atoms with Crippen LogP contribution < -0.4 is 14.8 Å². The van der Waals surface area contributed by atoms with E-state index in [1.807, 2.05) is 6.07 Å². The SMILES string of the molecule is COc1cccc([C@H](CC2CC2)N2CCNCC2)c1OC.Cl.Cl. The number of nitrogens with one attached hydrogen (secondary N) is 1. The van der Waals surface area contributed by atoms with Crippen LogP contribution in [-0.4, -0.2) is 45.3 Å². The van der Waals surface area contributed by atoms with Gasteiger partial charge in [0.2, 0.25) is 0 Å². The van der Waals surface area contributed by atoms with E-state index in [0.29, 0.717) is 6.04 Å². The number of ether oxygens (including phenoxy) is 2. The van der Waals surface area contributed by atoms with Gasteiger partial charge < -0.3 is 14.8 Å². The molecule has 4 nitrogen and oxygen atoms in total. The third kappa shape index (κ3) is 4.90. The van der Waals surface area contributed by atoms with Gasteiger partial charge in [0.25, 0.3) is 0 Å². The molecule has 0 unspecified atom stereocenters. The van der Waals surface area contributed by atoms with Gasteiger partial charge in [-0.15, -0.1) is 24.8 Å². The third-order valence-electron chi connectivity index (χ3n) is 4.64. The fourth-order valence-corrected chi connectivity index (χ4v) is 3.31. The molecule has 0 spiro atoms. The summed E-state index contributed by atoms with van der Waals surface area (Å²) in [5, 5.41) is 3.44. The first-order valence-corrected chi connectivity index (χ1v) is 7.99. The summed E-state index contributed by atoms with van der Waals surface area (Å²) < 4.78 is 11.2. The highest BCUT2D eigenvalue weighted by Crippen LogP contribution is 2.44. The van der Waals surface area contributed by atoms with E-state index in [2.05, 4.69) is 22.3 Å². The first kappa shape index (κ1) is 20.4. The second-order valence-electron chi connectivity index (χ2n) is 6.06. The summed E-state index contributed by atoms with van der Waals surface area (Å²) in [6, 6.07) is 6.72. The van der Waals surface area contributed by atoms with E-state index in [1.54, 1.807) is 14.2 Å². The second kappa shape index (κ2) is 9.58. The van der Waals surface area contributed by atoms with Crippen molar-refractivity contribution in [3.8, 4) is 11.5 Å². The lowest BCUT2D eigenvalue weighted by Gasteiger charge is -2.36. The van der Waals surface area contributed by atoms with Crippen molar-refractivity contribution in [1.82, 2.24) is 10.2 Å². The predicted octanol–water partition coefficient (Wildman–Crippen LogP) is 3.29. The lowest BCUT2D eigenvalue weighted by molar-refractivity contribution is 0.157. The molecular weight excluding hydrogens is 335 g/mol. The van der Waals surface area contributed by atoms with Crippen LogP contribution in [0.3, 0.4) is 0 Å². The number of hydrogen-bond donors (Lipinski definition) is 1. The molecule has 1 aromatic carbocycles. The summed E-state index contributed by atoms with van der Waals surface area (Å²) in [6.45, 7) is 4.37. The van der Waals surface area contributed by atoms with Crippen LogP contribution in [-0.2, 0) is 0 Å². The zero-order valence-corrected chi connectivity index (χ0v) is 15.5. The number of nitrogens with zero attached hydrogens (tertiary/aromatic N) is 1. The van der Waals surface area contributed by atoms with Gasteiger partial charge in [0, 0.05) is 37.8 Å². The van der Waals surface area contributed by atoms with Gasteiger partial charge in [-0.05, 0) is 18.4 Å². The van der Waals surface area contributed by atoms with Crippen molar-refractivity contribution >= 4 is 24.8 Å². The monoisotopic (exact) mass is 362 g/mol. The molecular formula is C17H28Cl2N2O2. The summed E-state index contributed by atoms with van der Waals surface area (Å²) in [5.74, 6) is 2.64. The van der Waals surface area contributed by atoms with Crippen LogP contribution in [0, 0.1) is 5.92 Å². The van der Waals surface area contributed by atoms with E-state index in [4.69, 9.17) is 9.47 Å². The largest absolute Gasteiger partial charge is 0.493 e. The molecule has 1 atom stereocenters. The first-order chi connectivity index (χ1) is 10.3. The highest BCUT2D eigenvalue weighted by Gasteiger charge is 2.32. The summed E-state index contributed by atoms with van der Waals surface area (Å²) in [7, 11) is 3.45. The van der Waals surface area contributed by atoms with Crippen molar-refractivity contribution < 1.29 is 9.47 Å². The standard InChI is InChI=1S/C17H26N2O2.2ClH/c1-20-16-5-3-4-14(17(16)21-2)15(12-13-6-7-13)19-10-8-18-9-11-19;;/h3-5,13,15,18H,6-12H2,1-2H3;2*1H/t15-;;/m0../s1. The minimum absolute atomic E-state index is 0. The van der Waals surface area contributed by atoms with Gasteiger partial charge in [0.15, 0.2) is 11.5 Å². The maximum absolute atomic E-state index is 5.67. The normalized spacial score (nSPS) is 19.2. The van der Waals surface area contributed by atoms with Crippen LogP contribution in [0.1, 0.15) is 30.9 Å². The average molecular weight is 363 g/mol. The van der Waals surface area contributed by atoms with Crippen molar-refractivity contribution in [2.45, 2.75) is 25.3 Å². The van der Waals surface area contributed by atoms with Crippen LogP contribution >= 0.6 is 24.8 Å². The molecule has 6 heteroatoms. The van der Waals surface area contributed by atoms with Gasteiger partial charge in [-0.2, -0.15) is 0 Å². The molecule has 2 fully saturated rings. The van der Waals surface area contributed by atoms with Crippen molar-refractivity contribution in [3.63, 3.8) is 0 Å². The Morgan fingerprint density at radius 3 is 2.39 bits per heavy atom. The Hall–Kier alpha value is -0.680. The predicted molar refractivity (Wildman–Crippen MR) is 98.6 cm³/mol. The van der Waals surface area contributed by atoms with Crippen LogP contribution in [0.5, 0.6) is 11.5 Å². The highest BCUT2D eigenvalue weighted by molar-refractivity contribution is 5.85. The zero-order chi connectivity index (χ0) is 14.7. The molecule has 1 aromatic rings. The summed E-state index contributed by atoms with van der Waals surface area (Å²) in [4.78, 5) is 2.60. The van der Waals surface area contributed by atoms with Crippen LogP contribution in [0.15, 0.2) is 18.2 Å². The van der Waals surface area contributed by atoms with Gasteiger partial charge >= 0.3 is 0 Å². The van der Waals surface area contributed by atoms with Gasteiger partial charge in [-0.25, -0.2) is 0 Å². The topological polar surface area (TPSA) is 33.7 Å². The molecule has 0 radical (unpaired) electrons. The maximum Gasteiger partial charge on any atom is 0.165 e. The summed E-state index contributed by atoms with van der Waals surface area (Å²) >= 11 is 0. The zero-order valence-electron chi connectivity index (χ0n) is 13.9. The molecule has 0 amide bonds. The Morgan fingerprint density at radius 2 is 1.83 bits per heavy atom. The molecule has 132 valence electrons. The Morgan fingerprint density at radius 1 is 1.13 bits per heavy atom. The third-order valence-corrected chi connectivity index (χ3v) is 4.64. The molecule has 1 N–H and O–H groups in total. The van der Waals surface area contributed by atoms with Gasteiger partial charge in [-0.1, -0.05) is 25.0 Å². The molecule has 0 bridgehead atoms. The number of para-hydroxylation sites is 1. The smallest absolute Gasteiger partial charge is 0.165 e. The van der Waals surface area contributed by atoms with Crippen LogP contribution in [0.4, 0.5) is 0 Å². The Kier molecular flexibility index (Phi) is 8.48. The Bertz CT molecular complexity index is 478. The lowest BCUT2D eigenvalue weighted by Crippen LogP contribution is -2.45. The molecule has 1 saturated carbocycles. The molecule has 1 aliphatic carbocycles. The van der Waals surface area contributed by atoms with E-state index in [9.17, 15) is 0 Å². The minimum atomic E-state index is 0. The maximum atomic E-state index is 5.67. The van der Waals surface area contributed by atoms with Crippen molar-refractivity contribution in [1.29, 1.82) is 0 Å². The fourth-order valence-electron chi connectivity index (χ4n) is 3.31. The molecule has 3 rings (SSSR count). The minimum Gasteiger partial charge on any atom is -0.493 e. The number of methoxy groups -OCH3 is 2. The number of halogens is 2. The number of hydrogen-bond acceptors (Lipinski definition) is 4. The van der Waals surface area contributed by atoms with E-state index >= 15 is 0 Å². The molecule has 2 aliphatic rings. The lowest BCUT2D eigenvalue weighted by atomic mass is 9.97. The average Bonchev–Trinajstić information content (AvgIpc) is 3.36. The van der Waals surface area contributed by atoms with Crippen LogP contribution in [0.2, 0.25) is 0 Å². The Labute approximate surface area is 151 Å². The van der Waals surface area contributed by atoms with Gasteiger partial charge in [0.1, 0.15) is 0 Å². The summed E-state index contributed by atoms with van der Waals surface area (Å²) in [6.07, 6.45) is 4.01.